The van der Waals surface area contributed by atoms with Gasteiger partial charge in [-0.05, 0) is 31.1 Å². The molecule has 114 valence electrons. The smallest absolute Gasteiger partial charge is 0.125 e. The molecule has 4 rings (SSSR count). The third-order valence-electron chi connectivity index (χ3n) is 5.78. The van der Waals surface area contributed by atoms with Crippen molar-refractivity contribution in [2.45, 2.75) is 17.7 Å². The Balaban J connectivity index is 1.91. The Kier molecular flexibility index (Phi) is 3.44. The summed E-state index contributed by atoms with van der Waals surface area (Å²) in [4.78, 5) is 2.41. The van der Waals surface area contributed by atoms with E-state index in [9.17, 15) is 5.11 Å². The summed E-state index contributed by atoms with van der Waals surface area (Å²) in [7, 11) is 0.284. The first-order chi connectivity index (χ1) is 10.7. The molecular weight excluding hydrogens is 286 g/mol. The minimum Gasteiger partial charge on any atom is -0.393 e. The molecule has 22 heavy (non-hydrogen) atoms. The molecule has 0 aliphatic carbocycles. The van der Waals surface area contributed by atoms with Crippen molar-refractivity contribution in [2.75, 3.05) is 20.1 Å². The van der Waals surface area contributed by atoms with Gasteiger partial charge in [-0.3, -0.25) is 0 Å². The lowest BCUT2D eigenvalue weighted by Gasteiger charge is -2.34. The maximum absolute atomic E-state index is 10.8. The first kappa shape index (κ1) is 14.2. The molecule has 2 nitrogen and oxygen atoms in total. The van der Waals surface area contributed by atoms with Gasteiger partial charge in [0.2, 0.25) is 0 Å². The number of benzene rings is 2. The minimum absolute atomic E-state index is 0.151. The van der Waals surface area contributed by atoms with Gasteiger partial charge < -0.3 is 10.0 Å². The van der Waals surface area contributed by atoms with E-state index < -0.39 is 8.07 Å². The Morgan fingerprint density at radius 3 is 2.00 bits per heavy atom. The van der Waals surface area contributed by atoms with Gasteiger partial charge in [-0.15, -0.1) is 0 Å². The number of aliphatic hydroxyl groups excluding tert-OH is 1. The predicted octanol–water partition coefficient (Wildman–Crippen LogP) is 1.56. The van der Waals surface area contributed by atoms with Crippen molar-refractivity contribution >= 4 is 18.4 Å². The van der Waals surface area contributed by atoms with Gasteiger partial charge in [0.05, 0.1) is 6.10 Å². The molecule has 2 aliphatic rings. The third kappa shape index (κ3) is 2.00. The summed E-state index contributed by atoms with van der Waals surface area (Å²) in [6.07, 6.45) is -0.151. The molecule has 3 heteroatoms. The number of likely N-dealkylation sites (tertiary alicyclic amines) is 1. The molecule has 0 aromatic heterocycles. The van der Waals surface area contributed by atoms with Crippen molar-refractivity contribution in [3.63, 3.8) is 0 Å². The largest absolute Gasteiger partial charge is 0.393 e. The first-order valence-corrected chi connectivity index (χ1v) is 10.5. The highest BCUT2D eigenvalue weighted by Gasteiger charge is 2.59. The van der Waals surface area contributed by atoms with Crippen molar-refractivity contribution in [1.82, 2.24) is 4.90 Å². The lowest BCUT2D eigenvalue weighted by Crippen LogP contribution is -2.60. The van der Waals surface area contributed by atoms with Gasteiger partial charge in [0, 0.05) is 6.54 Å². The van der Waals surface area contributed by atoms with Crippen LogP contribution >= 0.6 is 0 Å². The van der Waals surface area contributed by atoms with Crippen LogP contribution in [0.15, 0.2) is 60.7 Å². The van der Waals surface area contributed by atoms with Gasteiger partial charge in [-0.2, -0.15) is 0 Å². The van der Waals surface area contributed by atoms with E-state index >= 15 is 0 Å². The highest BCUT2D eigenvalue weighted by atomic mass is 28.3. The fourth-order valence-electron chi connectivity index (χ4n) is 4.88. The van der Waals surface area contributed by atoms with Crippen LogP contribution in [0.1, 0.15) is 0 Å². The van der Waals surface area contributed by atoms with Crippen molar-refractivity contribution in [3.8, 4) is 0 Å². The van der Waals surface area contributed by atoms with Crippen LogP contribution in [0, 0.1) is 5.92 Å². The van der Waals surface area contributed by atoms with E-state index in [2.05, 4.69) is 72.6 Å². The predicted molar refractivity (Wildman–Crippen MR) is 93.5 cm³/mol. The zero-order chi connectivity index (χ0) is 15.2. The van der Waals surface area contributed by atoms with Gasteiger partial charge in [-0.25, -0.2) is 0 Å². The van der Waals surface area contributed by atoms with Crippen LogP contribution in [0.3, 0.4) is 0 Å². The summed E-state index contributed by atoms with van der Waals surface area (Å²) >= 11 is 0. The molecule has 0 amide bonds. The van der Waals surface area contributed by atoms with Crippen LogP contribution in [0.5, 0.6) is 0 Å². The molecule has 3 atom stereocenters. The Labute approximate surface area is 133 Å². The van der Waals surface area contributed by atoms with Crippen molar-refractivity contribution < 1.29 is 5.11 Å². The molecule has 0 radical (unpaired) electrons. The molecule has 0 saturated carbocycles. The number of fused-ring (bicyclic) bond motifs is 1. The maximum atomic E-state index is 10.8. The van der Waals surface area contributed by atoms with E-state index in [0.29, 0.717) is 11.5 Å². The Hall–Kier alpha value is -1.42. The molecule has 2 saturated heterocycles. The standard InChI is InChI=1S/C19H23NOSi/c1-20-12-17-18(21)14-22(19(17)13-20,15-8-4-2-5-9-15)16-10-6-3-7-11-16/h2-11,17-19,21H,12-14H2,1H3/t17-,18+,19-/m1/s1. The normalized spacial score (nSPS) is 30.4. The van der Waals surface area contributed by atoms with E-state index in [0.717, 1.165) is 19.1 Å². The van der Waals surface area contributed by atoms with E-state index in [4.69, 9.17) is 0 Å². The highest BCUT2D eigenvalue weighted by molar-refractivity contribution is 7.04. The van der Waals surface area contributed by atoms with Crippen molar-refractivity contribution in [1.29, 1.82) is 0 Å². The summed E-state index contributed by atoms with van der Waals surface area (Å²) in [6.45, 7) is 2.16. The average molecular weight is 309 g/mol. The summed E-state index contributed by atoms with van der Waals surface area (Å²) in [5, 5.41) is 13.8. The monoisotopic (exact) mass is 309 g/mol. The Morgan fingerprint density at radius 1 is 0.909 bits per heavy atom. The number of hydrogen-bond acceptors (Lipinski definition) is 2. The van der Waals surface area contributed by atoms with Crippen LogP contribution in [-0.2, 0) is 0 Å². The molecule has 2 aromatic carbocycles. The van der Waals surface area contributed by atoms with Gasteiger partial charge >= 0.3 is 0 Å². The topological polar surface area (TPSA) is 23.5 Å². The lowest BCUT2D eigenvalue weighted by molar-refractivity contribution is 0.141. The van der Waals surface area contributed by atoms with Gasteiger partial charge in [0.25, 0.3) is 0 Å². The summed E-state index contributed by atoms with van der Waals surface area (Å²) in [5.41, 5.74) is 0.622. The highest BCUT2D eigenvalue weighted by Crippen LogP contribution is 2.48. The fourth-order valence-corrected chi connectivity index (χ4v) is 11.1. The second-order valence-corrected chi connectivity index (χ2v) is 11.2. The fraction of sp³-hybridized carbons (Fsp3) is 0.368. The lowest BCUT2D eigenvalue weighted by atomic mass is 10.0. The van der Waals surface area contributed by atoms with E-state index in [1.807, 2.05) is 0 Å². The third-order valence-corrected chi connectivity index (χ3v) is 11.4. The Morgan fingerprint density at radius 2 is 1.45 bits per heavy atom. The quantitative estimate of drug-likeness (QED) is 0.851. The Bertz CT molecular complexity index is 605. The van der Waals surface area contributed by atoms with Crippen molar-refractivity contribution in [2.24, 2.45) is 5.92 Å². The van der Waals surface area contributed by atoms with Crippen LogP contribution in [0.25, 0.3) is 0 Å². The van der Waals surface area contributed by atoms with Crippen LogP contribution in [0.4, 0.5) is 0 Å². The van der Waals surface area contributed by atoms with E-state index in [-0.39, 0.29) is 6.10 Å². The molecule has 2 heterocycles. The van der Waals surface area contributed by atoms with Crippen LogP contribution in [0.2, 0.25) is 11.6 Å². The van der Waals surface area contributed by atoms with E-state index in [1.165, 1.54) is 10.4 Å². The zero-order valence-corrected chi connectivity index (χ0v) is 14.0. The first-order valence-electron chi connectivity index (χ1n) is 8.19. The zero-order valence-electron chi connectivity index (χ0n) is 13.0. The molecule has 2 fully saturated rings. The summed E-state index contributed by atoms with van der Waals surface area (Å²) < 4.78 is 0. The molecule has 2 aliphatic heterocycles. The molecular formula is C19H23NOSi. The second kappa shape index (κ2) is 5.34. The average Bonchev–Trinajstić information content (AvgIpc) is 3.07. The number of hydrogen-bond donors (Lipinski definition) is 1. The second-order valence-electron chi connectivity index (χ2n) is 6.97. The summed E-state index contributed by atoms with van der Waals surface area (Å²) in [5.74, 6) is 0.442. The van der Waals surface area contributed by atoms with Gasteiger partial charge in [0.1, 0.15) is 8.07 Å². The minimum atomic E-state index is -1.91. The molecule has 2 aromatic rings. The van der Waals surface area contributed by atoms with Gasteiger partial charge in [0.15, 0.2) is 0 Å². The molecule has 0 unspecified atom stereocenters. The maximum Gasteiger partial charge on any atom is 0.125 e. The molecule has 0 spiro atoms. The van der Waals surface area contributed by atoms with Crippen LogP contribution in [-0.4, -0.2) is 44.3 Å². The molecule has 1 N–H and O–H groups in total. The number of rotatable bonds is 2. The van der Waals surface area contributed by atoms with Crippen LogP contribution < -0.4 is 10.4 Å². The SMILES string of the molecule is CN1C[C@H]2[C@@H](C1)[Si](c1ccccc1)(c1ccccc1)C[C@@H]2O. The number of nitrogens with zero attached hydrogens (tertiary/aromatic N) is 1. The van der Waals surface area contributed by atoms with Crippen molar-refractivity contribution in [3.05, 3.63) is 60.7 Å². The summed E-state index contributed by atoms with van der Waals surface area (Å²) in [6, 6.07) is 23.0. The number of aliphatic hydroxyl groups is 1. The van der Waals surface area contributed by atoms with E-state index in [1.54, 1.807) is 0 Å². The molecule has 0 bridgehead atoms. The van der Waals surface area contributed by atoms with Gasteiger partial charge in [-0.1, -0.05) is 71.0 Å².